The lowest BCUT2D eigenvalue weighted by atomic mass is 10.0. The predicted molar refractivity (Wildman–Crippen MR) is 79.7 cm³/mol. The van der Waals surface area contributed by atoms with Gasteiger partial charge in [-0.15, -0.1) is 0 Å². The molecular weight excluding hydrogens is 244 g/mol. The number of benzene rings is 2. The highest BCUT2D eigenvalue weighted by molar-refractivity contribution is 6.33. The third-order valence-electron chi connectivity index (χ3n) is 2.85. The van der Waals surface area contributed by atoms with E-state index in [9.17, 15) is 0 Å². The monoisotopic (exact) mass is 260 g/mol. The molecule has 0 heterocycles. The number of nitrogens with two attached hydrogens (primary N) is 1. The van der Waals surface area contributed by atoms with Gasteiger partial charge in [-0.3, -0.25) is 0 Å². The Morgan fingerprint density at radius 1 is 1.06 bits per heavy atom. The van der Waals surface area contributed by atoms with Crippen molar-refractivity contribution in [3.8, 4) is 0 Å². The zero-order valence-corrected chi connectivity index (χ0v) is 11.3. The van der Waals surface area contributed by atoms with E-state index in [0.29, 0.717) is 16.6 Å². The van der Waals surface area contributed by atoms with Gasteiger partial charge in [-0.2, -0.15) is 0 Å². The first-order valence-corrected chi connectivity index (χ1v) is 6.36. The second-order valence-electron chi connectivity index (χ2n) is 4.61. The Morgan fingerprint density at radius 3 is 2.44 bits per heavy atom. The van der Waals surface area contributed by atoms with Gasteiger partial charge in [0.25, 0.3) is 0 Å². The van der Waals surface area contributed by atoms with Crippen molar-refractivity contribution in [2.45, 2.75) is 19.8 Å². The van der Waals surface area contributed by atoms with Crippen LogP contribution in [0.4, 0.5) is 17.1 Å². The molecule has 0 radical (unpaired) electrons. The number of hydrogen-bond acceptors (Lipinski definition) is 2. The predicted octanol–water partition coefficient (Wildman–Crippen LogP) is 4.79. The molecule has 0 spiro atoms. The Kier molecular flexibility index (Phi) is 3.78. The molecule has 3 heteroatoms. The number of halogens is 1. The summed E-state index contributed by atoms with van der Waals surface area (Å²) >= 11 is 6.17. The zero-order chi connectivity index (χ0) is 13.1. The maximum atomic E-state index is 6.17. The molecule has 2 aromatic carbocycles. The summed E-state index contributed by atoms with van der Waals surface area (Å²) in [6, 6.07) is 13.7. The number of hydrogen-bond donors (Lipinski definition) is 2. The number of nitrogen functional groups attached to an aromatic ring is 1. The minimum atomic E-state index is 0.459. The molecule has 94 valence electrons. The van der Waals surface area contributed by atoms with Crippen LogP contribution in [0, 0.1) is 0 Å². The van der Waals surface area contributed by atoms with Crippen LogP contribution >= 0.6 is 11.6 Å². The minimum Gasteiger partial charge on any atom is -0.399 e. The van der Waals surface area contributed by atoms with Crippen molar-refractivity contribution in [3.63, 3.8) is 0 Å². The standard InChI is InChI=1S/C15H17ClN2/c1-10(2)12-5-3-4-6-14(12)18-15-8-7-11(17)9-13(15)16/h3-10,18H,17H2,1-2H3. The molecule has 0 saturated heterocycles. The summed E-state index contributed by atoms with van der Waals surface area (Å²) in [6.07, 6.45) is 0. The van der Waals surface area contributed by atoms with Crippen LogP contribution in [0.15, 0.2) is 42.5 Å². The highest BCUT2D eigenvalue weighted by atomic mass is 35.5. The van der Waals surface area contributed by atoms with Crippen molar-refractivity contribution in [2.24, 2.45) is 0 Å². The Bertz CT molecular complexity index is 550. The lowest BCUT2D eigenvalue weighted by Gasteiger charge is -2.15. The molecule has 2 nitrogen and oxygen atoms in total. The molecular formula is C15H17ClN2. The molecule has 0 aliphatic rings. The first-order valence-electron chi connectivity index (χ1n) is 5.99. The summed E-state index contributed by atoms with van der Waals surface area (Å²) in [7, 11) is 0. The fourth-order valence-electron chi connectivity index (χ4n) is 1.89. The number of nitrogens with one attached hydrogen (secondary N) is 1. The van der Waals surface area contributed by atoms with Gasteiger partial charge in [0.2, 0.25) is 0 Å². The van der Waals surface area contributed by atoms with E-state index in [4.69, 9.17) is 17.3 Å². The summed E-state index contributed by atoms with van der Waals surface area (Å²) in [4.78, 5) is 0. The van der Waals surface area contributed by atoms with Gasteiger partial charge in [-0.25, -0.2) is 0 Å². The second kappa shape index (κ2) is 5.32. The van der Waals surface area contributed by atoms with E-state index in [1.165, 1.54) is 5.56 Å². The Morgan fingerprint density at radius 2 is 1.78 bits per heavy atom. The summed E-state index contributed by atoms with van der Waals surface area (Å²) in [5, 5.41) is 3.99. The van der Waals surface area contributed by atoms with Crippen molar-refractivity contribution in [1.29, 1.82) is 0 Å². The molecule has 0 fully saturated rings. The molecule has 0 unspecified atom stereocenters. The molecule has 2 aromatic rings. The third-order valence-corrected chi connectivity index (χ3v) is 3.16. The van der Waals surface area contributed by atoms with Gasteiger partial charge < -0.3 is 11.1 Å². The lowest BCUT2D eigenvalue weighted by Crippen LogP contribution is -1.98. The summed E-state index contributed by atoms with van der Waals surface area (Å²) in [6.45, 7) is 4.34. The number of para-hydroxylation sites is 1. The van der Waals surface area contributed by atoms with Crippen molar-refractivity contribution in [2.75, 3.05) is 11.1 Å². The smallest absolute Gasteiger partial charge is 0.0661 e. The Hall–Kier alpha value is -1.67. The van der Waals surface area contributed by atoms with Crippen LogP contribution in [0.1, 0.15) is 25.3 Å². The van der Waals surface area contributed by atoms with E-state index in [-0.39, 0.29) is 0 Å². The molecule has 18 heavy (non-hydrogen) atoms. The summed E-state index contributed by atoms with van der Waals surface area (Å²) in [5.74, 6) is 0.459. The van der Waals surface area contributed by atoms with Gasteiger partial charge in [0.15, 0.2) is 0 Å². The van der Waals surface area contributed by atoms with Gasteiger partial charge in [-0.05, 0) is 35.7 Å². The molecule has 0 amide bonds. The van der Waals surface area contributed by atoms with Gasteiger partial charge in [-0.1, -0.05) is 43.6 Å². The summed E-state index contributed by atoms with van der Waals surface area (Å²) < 4.78 is 0. The van der Waals surface area contributed by atoms with Crippen LogP contribution in [0.2, 0.25) is 5.02 Å². The average Bonchev–Trinajstić information content (AvgIpc) is 2.33. The van der Waals surface area contributed by atoms with Crippen molar-refractivity contribution in [1.82, 2.24) is 0 Å². The molecule has 0 aliphatic heterocycles. The van der Waals surface area contributed by atoms with Crippen LogP contribution in [-0.4, -0.2) is 0 Å². The molecule has 0 aromatic heterocycles. The summed E-state index contributed by atoms with van der Waals surface area (Å²) in [5.41, 5.74) is 9.58. The van der Waals surface area contributed by atoms with Crippen LogP contribution < -0.4 is 11.1 Å². The van der Waals surface area contributed by atoms with Crippen LogP contribution in [0.5, 0.6) is 0 Å². The fourth-order valence-corrected chi connectivity index (χ4v) is 2.13. The average molecular weight is 261 g/mol. The van der Waals surface area contributed by atoms with Crippen molar-refractivity contribution < 1.29 is 0 Å². The molecule has 0 atom stereocenters. The molecule has 0 aliphatic carbocycles. The van der Waals surface area contributed by atoms with Gasteiger partial charge >= 0.3 is 0 Å². The second-order valence-corrected chi connectivity index (χ2v) is 5.01. The SMILES string of the molecule is CC(C)c1ccccc1Nc1ccc(N)cc1Cl. The highest BCUT2D eigenvalue weighted by Gasteiger charge is 2.07. The number of anilines is 3. The fraction of sp³-hybridized carbons (Fsp3) is 0.200. The van der Waals surface area contributed by atoms with E-state index in [2.05, 4.69) is 31.3 Å². The van der Waals surface area contributed by atoms with Gasteiger partial charge in [0.1, 0.15) is 0 Å². The Balaban J connectivity index is 2.34. The highest BCUT2D eigenvalue weighted by Crippen LogP contribution is 2.31. The van der Waals surface area contributed by atoms with E-state index >= 15 is 0 Å². The van der Waals surface area contributed by atoms with E-state index < -0.39 is 0 Å². The van der Waals surface area contributed by atoms with Crippen molar-refractivity contribution >= 4 is 28.7 Å². The first-order chi connectivity index (χ1) is 8.58. The maximum absolute atomic E-state index is 6.17. The van der Waals surface area contributed by atoms with E-state index in [1.807, 2.05) is 24.3 Å². The first kappa shape index (κ1) is 12.8. The van der Waals surface area contributed by atoms with E-state index in [1.54, 1.807) is 6.07 Å². The van der Waals surface area contributed by atoms with Gasteiger partial charge in [0, 0.05) is 11.4 Å². The molecule has 0 bridgehead atoms. The Labute approximate surface area is 113 Å². The van der Waals surface area contributed by atoms with Crippen molar-refractivity contribution in [3.05, 3.63) is 53.1 Å². The van der Waals surface area contributed by atoms with Crippen LogP contribution in [-0.2, 0) is 0 Å². The number of rotatable bonds is 3. The maximum Gasteiger partial charge on any atom is 0.0661 e. The van der Waals surface area contributed by atoms with Gasteiger partial charge in [0.05, 0.1) is 10.7 Å². The largest absolute Gasteiger partial charge is 0.399 e. The van der Waals surface area contributed by atoms with Crippen LogP contribution in [0.25, 0.3) is 0 Å². The van der Waals surface area contributed by atoms with E-state index in [0.717, 1.165) is 11.4 Å². The molecule has 0 saturated carbocycles. The topological polar surface area (TPSA) is 38.0 Å². The molecule has 2 rings (SSSR count). The third kappa shape index (κ3) is 2.77. The minimum absolute atomic E-state index is 0.459. The quantitative estimate of drug-likeness (QED) is 0.779. The van der Waals surface area contributed by atoms with Crippen LogP contribution in [0.3, 0.4) is 0 Å². The zero-order valence-electron chi connectivity index (χ0n) is 10.6. The lowest BCUT2D eigenvalue weighted by molar-refractivity contribution is 0.869. The molecule has 3 N–H and O–H groups in total. The normalized spacial score (nSPS) is 10.7.